The molecule has 2 aromatic rings. The minimum atomic E-state index is -0.653. The van der Waals surface area contributed by atoms with Crippen LogP contribution in [0.5, 0.6) is 0 Å². The van der Waals surface area contributed by atoms with Gasteiger partial charge in [-0.25, -0.2) is 4.79 Å². The van der Waals surface area contributed by atoms with Gasteiger partial charge in [-0.15, -0.1) is 5.10 Å². The first kappa shape index (κ1) is 14.6. The van der Waals surface area contributed by atoms with Crippen LogP contribution < -0.4 is 5.76 Å². The Balaban J connectivity index is 1.74. The highest BCUT2D eigenvalue weighted by atomic mass is 16.4. The molecule has 118 valence electrons. The lowest BCUT2D eigenvalue weighted by atomic mass is 10.2. The molecule has 2 heterocycles. The molecule has 7 nitrogen and oxygen atoms in total. The van der Waals surface area contributed by atoms with Crippen molar-refractivity contribution in [2.45, 2.75) is 39.3 Å². The van der Waals surface area contributed by atoms with Crippen LogP contribution in [0, 0.1) is 5.92 Å². The van der Waals surface area contributed by atoms with Gasteiger partial charge in [0.25, 0.3) is 5.89 Å². The van der Waals surface area contributed by atoms with Gasteiger partial charge in [0.2, 0.25) is 5.91 Å². The minimum Gasteiger partial charge on any atom is -0.459 e. The van der Waals surface area contributed by atoms with Gasteiger partial charge in [-0.05, 0) is 30.9 Å². The number of amides is 1. The number of carbonyl (C=O) groups is 1. The normalized spacial score (nSPS) is 14.5. The Morgan fingerprint density at radius 3 is 2.86 bits per heavy atom. The lowest BCUT2D eigenvalue weighted by Crippen LogP contribution is -2.39. The van der Waals surface area contributed by atoms with Crippen molar-refractivity contribution in [2.75, 3.05) is 6.54 Å². The van der Waals surface area contributed by atoms with Gasteiger partial charge in [0.05, 0.1) is 6.26 Å². The fraction of sp³-hybridized carbons (Fsp3) is 0.533. The molecule has 1 amide bonds. The molecule has 22 heavy (non-hydrogen) atoms. The van der Waals surface area contributed by atoms with E-state index in [0.29, 0.717) is 24.3 Å². The van der Waals surface area contributed by atoms with Crippen molar-refractivity contribution in [1.29, 1.82) is 0 Å². The highest BCUT2D eigenvalue weighted by Gasteiger charge is 2.33. The van der Waals surface area contributed by atoms with E-state index in [4.69, 9.17) is 8.83 Å². The maximum absolute atomic E-state index is 12.4. The third-order valence-corrected chi connectivity index (χ3v) is 3.49. The molecular weight excluding hydrogens is 286 g/mol. The van der Waals surface area contributed by atoms with Gasteiger partial charge in [-0.2, -0.15) is 4.68 Å². The summed E-state index contributed by atoms with van der Waals surface area (Å²) in [6, 6.07) is 3.63. The quantitative estimate of drug-likeness (QED) is 0.812. The lowest BCUT2D eigenvalue weighted by Gasteiger charge is -2.24. The Hall–Kier alpha value is -2.31. The molecule has 0 bridgehead atoms. The topological polar surface area (TPSA) is 81.5 Å². The van der Waals surface area contributed by atoms with Crippen LogP contribution in [0.15, 0.2) is 32.0 Å². The molecule has 2 aromatic heterocycles. The van der Waals surface area contributed by atoms with Crippen LogP contribution in [0.4, 0.5) is 0 Å². The largest absolute Gasteiger partial charge is 0.459 e. The van der Waals surface area contributed by atoms with Crippen molar-refractivity contribution in [1.82, 2.24) is 14.7 Å². The number of hydrogen-bond donors (Lipinski definition) is 0. The molecule has 1 aliphatic carbocycles. The van der Waals surface area contributed by atoms with Gasteiger partial charge in [0, 0.05) is 12.6 Å². The van der Waals surface area contributed by atoms with Crippen LogP contribution in [-0.4, -0.2) is 33.2 Å². The Kier molecular flexibility index (Phi) is 3.87. The first-order valence-corrected chi connectivity index (χ1v) is 7.46. The van der Waals surface area contributed by atoms with Crippen LogP contribution in [0.2, 0.25) is 0 Å². The van der Waals surface area contributed by atoms with E-state index in [1.165, 1.54) is 6.26 Å². The molecule has 7 heteroatoms. The van der Waals surface area contributed by atoms with Crippen LogP contribution >= 0.6 is 0 Å². The molecule has 0 spiro atoms. The van der Waals surface area contributed by atoms with Gasteiger partial charge >= 0.3 is 5.76 Å². The number of rotatable bonds is 6. The van der Waals surface area contributed by atoms with Gasteiger partial charge in [0.15, 0.2) is 5.76 Å². The van der Waals surface area contributed by atoms with Gasteiger partial charge in [-0.3, -0.25) is 4.79 Å². The molecule has 0 radical (unpaired) electrons. The summed E-state index contributed by atoms with van der Waals surface area (Å²) in [4.78, 5) is 26.1. The van der Waals surface area contributed by atoms with Crippen LogP contribution in [0.3, 0.4) is 0 Å². The van der Waals surface area contributed by atoms with E-state index >= 15 is 0 Å². The molecule has 0 atom stereocenters. The van der Waals surface area contributed by atoms with E-state index in [9.17, 15) is 9.59 Å². The monoisotopic (exact) mass is 305 g/mol. The van der Waals surface area contributed by atoms with Crippen LogP contribution in [0.1, 0.15) is 26.7 Å². The third kappa shape index (κ3) is 3.13. The second kappa shape index (κ2) is 5.82. The van der Waals surface area contributed by atoms with E-state index in [0.717, 1.165) is 17.5 Å². The second-order valence-corrected chi connectivity index (χ2v) is 5.98. The average Bonchev–Trinajstić information content (AvgIpc) is 3.02. The summed E-state index contributed by atoms with van der Waals surface area (Å²) in [5.41, 5.74) is 0. The molecular formula is C15H19N3O4. The van der Waals surface area contributed by atoms with E-state index in [-0.39, 0.29) is 18.3 Å². The molecule has 0 aliphatic heterocycles. The van der Waals surface area contributed by atoms with Crippen molar-refractivity contribution in [2.24, 2.45) is 5.92 Å². The SMILES string of the molecule is CC(C)CN(C(=O)Cn1nc(-c2ccco2)oc1=O)C1CC1. The summed E-state index contributed by atoms with van der Waals surface area (Å²) in [6.45, 7) is 4.73. The number of nitrogens with zero attached hydrogens (tertiary/aromatic N) is 3. The van der Waals surface area contributed by atoms with Gasteiger partial charge in [0.1, 0.15) is 6.54 Å². The molecule has 3 rings (SSSR count). The first-order chi connectivity index (χ1) is 10.5. The van der Waals surface area contributed by atoms with Gasteiger partial charge in [-0.1, -0.05) is 13.8 Å². The van der Waals surface area contributed by atoms with Crippen LogP contribution in [0.25, 0.3) is 11.7 Å². The average molecular weight is 305 g/mol. The highest BCUT2D eigenvalue weighted by Crippen LogP contribution is 2.27. The second-order valence-electron chi connectivity index (χ2n) is 5.98. The van der Waals surface area contributed by atoms with Crippen LogP contribution in [-0.2, 0) is 11.3 Å². The van der Waals surface area contributed by atoms with Crippen molar-refractivity contribution in [3.8, 4) is 11.7 Å². The van der Waals surface area contributed by atoms with Crippen molar-refractivity contribution in [3.05, 3.63) is 28.9 Å². The molecule has 0 N–H and O–H groups in total. The fourth-order valence-corrected chi connectivity index (χ4v) is 2.36. The van der Waals surface area contributed by atoms with E-state index in [1.807, 2.05) is 4.90 Å². The summed E-state index contributed by atoms with van der Waals surface area (Å²) in [5, 5.41) is 4.03. The molecule has 0 unspecified atom stereocenters. The predicted molar refractivity (Wildman–Crippen MR) is 78.0 cm³/mol. The smallest absolute Gasteiger partial charge is 0.437 e. The Labute approximate surface area is 127 Å². The van der Waals surface area contributed by atoms with E-state index in [1.54, 1.807) is 12.1 Å². The third-order valence-electron chi connectivity index (χ3n) is 3.49. The summed E-state index contributed by atoms with van der Waals surface area (Å²) >= 11 is 0. The van der Waals surface area contributed by atoms with Crippen molar-refractivity contribution >= 4 is 5.91 Å². The summed E-state index contributed by atoms with van der Waals surface area (Å²) in [5.74, 6) is 0.0871. The number of carbonyl (C=O) groups excluding carboxylic acids is 1. The first-order valence-electron chi connectivity index (χ1n) is 7.46. The van der Waals surface area contributed by atoms with Gasteiger partial charge < -0.3 is 13.7 Å². The maximum atomic E-state index is 12.4. The fourth-order valence-electron chi connectivity index (χ4n) is 2.36. The number of aromatic nitrogens is 2. The maximum Gasteiger partial charge on any atom is 0.437 e. The molecule has 1 fully saturated rings. The molecule has 1 aliphatic rings. The summed E-state index contributed by atoms with van der Waals surface area (Å²) in [7, 11) is 0. The highest BCUT2D eigenvalue weighted by molar-refractivity contribution is 5.76. The zero-order chi connectivity index (χ0) is 15.7. The number of hydrogen-bond acceptors (Lipinski definition) is 5. The Morgan fingerprint density at radius 1 is 1.50 bits per heavy atom. The molecule has 0 aromatic carbocycles. The molecule has 0 saturated heterocycles. The van der Waals surface area contributed by atoms with E-state index < -0.39 is 5.76 Å². The summed E-state index contributed by atoms with van der Waals surface area (Å²) in [6.07, 6.45) is 3.53. The molecule has 1 saturated carbocycles. The lowest BCUT2D eigenvalue weighted by molar-refractivity contribution is -0.133. The predicted octanol–water partition coefficient (Wildman–Crippen LogP) is 1.74. The zero-order valence-corrected chi connectivity index (χ0v) is 12.7. The van der Waals surface area contributed by atoms with Crippen molar-refractivity contribution in [3.63, 3.8) is 0 Å². The minimum absolute atomic E-state index is 0.0876. The van der Waals surface area contributed by atoms with Crippen molar-refractivity contribution < 1.29 is 13.6 Å². The standard InChI is InChI=1S/C15H19N3O4/c1-10(2)8-17(11-5-6-11)13(19)9-18-15(20)22-14(16-18)12-4-3-7-21-12/h3-4,7,10-11H,5-6,8-9H2,1-2H3. The zero-order valence-electron chi connectivity index (χ0n) is 12.7. The number of furan rings is 1. The van der Waals surface area contributed by atoms with E-state index in [2.05, 4.69) is 18.9 Å². The Bertz CT molecular complexity index is 695. The Morgan fingerprint density at radius 2 is 2.27 bits per heavy atom. The summed E-state index contributed by atoms with van der Waals surface area (Å²) < 4.78 is 11.2.